The first-order chi connectivity index (χ1) is 12.3. The Morgan fingerprint density at radius 2 is 1.88 bits per heavy atom. The van der Waals surface area contributed by atoms with Crippen LogP contribution in [0, 0.1) is 0 Å². The molecule has 0 atom stereocenters. The standard InChI is InChI=1S/C20H30N4O/c1-2-23-11-13-24(14-12-23)10-6-5-9-21-20(25)15-17-16-22-19-8-4-3-7-18(17)19/h3-4,7-8,16,22H,2,5-6,9-15H2,1H3,(H,21,25). The lowest BCUT2D eigenvalue weighted by atomic mass is 10.1. The molecule has 1 amide bonds. The van der Waals surface area contributed by atoms with Crippen molar-refractivity contribution < 1.29 is 4.79 Å². The lowest BCUT2D eigenvalue weighted by Crippen LogP contribution is -2.46. The number of para-hydroxylation sites is 1. The molecule has 1 aliphatic heterocycles. The van der Waals surface area contributed by atoms with Gasteiger partial charge in [0.2, 0.25) is 5.91 Å². The van der Waals surface area contributed by atoms with Crippen LogP contribution >= 0.6 is 0 Å². The molecule has 0 aliphatic carbocycles. The fraction of sp³-hybridized carbons (Fsp3) is 0.550. The second-order valence-corrected chi connectivity index (χ2v) is 6.87. The Bertz CT molecular complexity index is 673. The zero-order valence-corrected chi connectivity index (χ0v) is 15.3. The van der Waals surface area contributed by atoms with Gasteiger partial charge in [0, 0.05) is 49.8 Å². The number of amides is 1. The van der Waals surface area contributed by atoms with E-state index < -0.39 is 0 Å². The van der Waals surface area contributed by atoms with Crippen LogP contribution in [0.2, 0.25) is 0 Å². The van der Waals surface area contributed by atoms with Gasteiger partial charge in [-0.05, 0) is 37.6 Å². The minimum absolute atomic E-state index is 0.112. The maximum Gasteiger partial charge on any atom is 0.224 e. The maximum absolute atomic E-state index is 12.1. The lowest BCUT2D eigenvalue weighted by molar-refractivity contribution is -0.120. The Morgan fingerprint density at radius 3 is 2.68 bits per heavy atom. The van der Waals surface area contributed by atoms with E-state index in [1.807, 2.05) is 24.4 Å². The number of likely N-dealkylation sites (N-methyl/N-ethyl adjacent to an activating group) is 1. The van der Waals surface area contributed by atoms with Gasteiger partial charge in [0.15, 0.2) is 0 Å². The van der Waals surface area contributed by atoms with Crippen molar-refractivity contribution in [1.29, 1.82) is 0 Å². The number of rotatable bonds is 8. The highest BCUT2D eigenvalue weighted by Gasteiger charge is 2.14. The van der Waals surface area contributed by atoms with Crippen LogP contribution in [0.4, 0.5) is 0 Å². The molecule has 2 aromatic rings. The summed E-state index contributed by atoms with van der Waals surface area (Å²) in [5.74, 6) is 0.112. The molecule has 3 rings (SSSR count). The first kappa shape index (κ1) is 18.0. The smallest absolute Gasteiger partial charge is 0.224 e. The first-order valence-corrected chi connectivity index (χ1v) is 9.52. The van der Waals surface area contributed by atoms with Gasteiger partial charge in [-0.3, -0.25) is 4.79 Å². The number of aromatic nitrogens is 1. The number of hydrogen-bond donors (Lipinski definition) is 2. The zero-order chi connectivity index (χ0) is 17.5. The average molecular weight is 342 g/mol. The van der Waals surface area contributed by atoms with Gasteiger partial charge in [-0.25, -0.2) is 0 Å². The highest BCUT2D eigenvalue weighted by atomic mass is 16.1. The second-order valence-electron chi connectivity index (χ2n) is 6.87. The summed E-state index contributed by atoms with van der Waals surface area (Å²) in [6, 6.07) is 8.12. The highest BCUT2D eigenvalue weighted by molar-refractivity contribution is 5.88. The van der Waals surface area contributed by atoms with E-state index >= 15 is 0 Å². The molecule has 2 heterocycles. The van der Waals surface area contributed by atoms with Crippen LogP contribution in [0.25, 0.3) is 10.9 Å². The Morgan fingerprint density at radius 1 is 1.12 bits per heavy atom. The van der Waals surface area contributed by atoms with Gasteiger partial charge >= 0.3 is 0 Å². The predicted octanol–water partition coefficient (Wildman–Crippen LogP) is 2.24. The topological polar surface area (TPSA) is 51.4 Å². The molecule has 1 saturated heterocycles. The molecule has 0 saturated carbocycles. The number of aromatic amines is 1. The minimum Gasteiger partial charge on any atom is -0.361 e. The second kappa shape index (κ2) is 9.02. The molecule has 2 N–H and O–H groups in total. The van der Waals surface area contributed by atoms with E-state index in [1.54, 1.807) is 0 Å². The summed E-state index contributed by atoms with van der Waals surface area (Å²) in [4.78, 5) is 20.4. The number of carbonyl (C=O) groups is 1. The third-order valence-electron chi connectivity index (χ3n) is 5.16. The van der Waals surface area contributed by atoms with Crippen molar-refractivity contribution in [3.63, 3.8) is 0 Å². The molecule has 1 aromatic carbocycles. The largest absolute Gasteiger partial charge is 0.361 e. The van der Waals surface area contributed by atoms with Crippen molar-refractivity contribution >= 4 is 16.8 Å². The summed E-state index contributed by atoms with van der Waals surface area (Å²) >= 11 is 0. The van der Waals surface area contributed by atoms with Gasteiger partial charge in [-0.15, -0.1) is 0 Å². The number of hydrogen-bond acceptors (Lipinski definition) is 3. The van der Waals surface area contributed by atoms with Crippen molar-refractivity contribution in [2.24, 2.45) is 0 Å². The van der Waals surface area contributed by atoms with E-state index in [2.05, 4.69) is 33.1 Å². The maximum atomic E-state index is 12.1. The molecule has 0 bridgehead atoms. The summed E-state index contributed by atoms with van der Waals surface area (Å²) in [5.41, 5.74) is 2.16. The summed E-state index contributed by atoms with van der Waals surface area (Å²) in [6.45, 7) is 10.1. The number of unbranched alkanes of at least 4 members (excludes halogenated alkanes) is 1. The average Bonchev–Trinajstić information content (AvgIpc) is 3.05. The molecule has 0 radical (unpaired) electrons. The molecule has 5 nitrogen and oxygen atoms in total. The van der Waals surface area contributed by atoms with E-state index in [0.717, 1.165) is 48.9 Å². The van der Waals surface area contributed by atoms with Crippen molar-refractivity contribution in [3.05, 3.63) is 36.0 Å². The molecule has 0 spiro atoms. The monoisotopic (exact) mass is 342 g/mol. The first-order valence-electron chi connectivity index (χ1n) is 9.52. The number of nitrogens with zero attached hydrogens (tertiary/aromatic N) is 2. The summed E-state index contributed by atoms with van der Waals surface area (Å²) < 4.78 is 0. The van der Waals surface area contributed by atoms with Gasteiger partial charge in [0.1, 0.15) is 0 Å². The number of nitrogens with one attached hydrogen (secondary N) is 2. The Balaban J connectivity index is 1.31. The predicted molar refractivity (Wildman–Crippen MR) is 103 cm³/mol. The number of piperazine rings is 1. The van der Waals surface area contributed by atoms with Gasteiger partial charge in [0.25, 0.3) is 0 Å². The van der Waals surface area contributed by atoms with Gasteiger partial charge in [-0.1, -0.05) is 25.1 Å². The fourth-order valence-corrected chi connectivity index (χ4v) is 3.53. The van der Waals surface area contributed by atoms with Crippen molar-refractivity contribution in [3.8, 4) is 0 Å². The zero-order valence-electron chi connectivity index (χ0n) is 15.3. The number of benzene rings is 1. The van der Waals surface area contributed by atoms with Crippen LogP contribution in [0.3, 0.4) is 0 Å². The van der Waals surface area contributed by atoms with Crippen LogP contribution in [0.5, 0.6) is 0 Å². The molecular weight excluding hydrogens is 312 g/mol. The number of carbonyl (C=O) groups excluding carboxylic acids is 1. The van der Waals surface area contributed by atoms with Gasteiger partial charge in [0.05, 0.1) is 6.42 Å². The quantitative estimate of drug-likeness (QED) is 0.724. The van der Waals surface area contributed by atoms with Crippen molar-refractivity contribution in [1.82, 2.24) is 20.1 Å². The normalized spacial score (nSPS) is 16.4. The fourth-order valence-electron chi connectivity index (χ4n) is 3.53. The van der Waals surface area contributed by atoms with Gasteiger partial charge in [-0.2, -0.15) is 0 Å². The molecule has 0 unspecified atom stereocenters. The number of H-pyrrole nitrogens is 1. The molecule has 1 fully saturated rings. The van der Waals surface area contributed by atoms with Crippen LogP contribution in [0.15, 0.2) is 30.5 Å². The minimum atomic E-state index is 0.112. The van der Waals surface area contributed by atoms with E-state index in [0.29, 0.717) is 6.42 Å². The Labute approximate surface area is 150 Å². The summed E-state index contributed by atoms with van der Waals surface area (Å²) in [5, 5.41) is 4.20. The SMILES string of the molecule is CCN1CCN(CCCCNC(=O)Cc2c[nH]c3ccccc23)CC1. The third-order valence-corrected chi connectivity index (χ3v) is 5.16. The molecule has 136 valence electrons. The lowest BCUT2D eigenvalue weighted by Gasteiger charge is -2.33. The van der Waals surface area contributed by atoms with Crippen molar-refractivity contribution in [2.75, 3.05) is 45.8 Å². The van der Waals surface area contributed by atoms with Crippen LogP contribution in [-0.4, -0.2) is 66.5 Å². The van der Waals surface area contributed by atoms with Crippen LogP contribution in [0.1, 0.15) is 25.3 Å². The van der Waals surface area contributed by atoms with Crippen LogP contribution in [-0.2, 0) is 11.2 Å². The van der Waals surface area contributed by atoms with E-state index in [1.165, 1.54) is 26.2 Å². The van der Waals surface area contributed by atoms with E-state index in [-0.39, 0.29) is 5.91 Å². The Hall–Kier alpha value is -1.85. The molecule has 1 aromatic heterocycles. The van der Waals surface area contributed by atoms with Crippen molar-refractivity contribution in [2.45, 2.75) is 26.2 Å². The van der Waals surface area contributed by atoms with Gasteiger partial charge < -0.3 is 20.1 Å². The Kier molecular flexibility index (Phi) is 6.48. The van der Waals surface area contributed by atoms with E-state index in [9.17, 15) is 4.79 Å². The molecule has 1 aliphatic rings. The number of fused-ring (bicyclic) bond motifs is 1. The summed E-state index contributed by atoms with van der Waals surface area (Å²) in [6.07, 6.45) is 4.59. The van der Waals surface area contributed by atoms with E-state index in [4.69, 9.17) is 0 Å². The molecule has 5 heteroatoms. The molecular formula is C20H30N4O. The highest BCUT2D eigenvalue weighted by Crippen LogP contribution is 2.17. The molecule has 25 heavy (non-hydrogen) atoms. The summed E-state index contributed by atoms with van der Waals surface area (Å²) in [7, 11) is 0. The third kappa shape index (κ3) is 5.06. The van der Waals surface area contributed by atoms with Crippen LogP contribution < -0.4 is 5.32 Å².